The molecule has 6 heteroatoms. The van der Waals surface area contributed by atoms with Crippen molar-refractivity contribution in [2.75, 3.05) is 7.11 Å². The molecule has 1 aromatic rings. The predicted octanol–water partition coefficient (Wildman–Crippen LogP) is 0.959. The van der Waals surface area contributed by atoms with E-state index in [4.69, 9.17) is 0 Å². The molecule has 0 saturated carbocycles. The van der Waals surface area contributed by atoms with Crippen LogP contribution < -0.4 is 0 Å². The maximum atomic E-state index is 11.5. The molecule has 0 fully saturated rings. The Balaban J connectivity index is 3.16. The fourth-order valence-corrected chi connectivity index (χ4v) is 1.62. The summed E-state index contributed by atoms with van der Waals surface area (Å²) in [6.45, 7) is 7.51. The van der Waals surface area contributed by atoms with E-state index in [9.17, 15) is 9.90 Å². The van der Waals surface area contributed by atoms with E-state index in [0.29, 0.717) is 5.69 Å². The van der Waals surface area contributed by atoms with Gasteiger partial charge >= 0.3 is 5.97 Å². The lowest BCUT2D eigenvalue weighted by atomic mass is 10.1. The van der Waals surface area contributed by atoms with Crippen LogP contribution in [-0.4, -0.2) is 38.8 Å². The molecule has 0 aliphatic carbocycles. The quantitative estimate of drug-likeness (QED) is 0.794. The second kappa shape index (κ2) is 4.83. The van der Waals surface area contributed by atoms with Crippen molar-refractivity contribution < 1.29 is 14.6 Å². The van der Waals surface area contributed by atoms with Gasteiger partial charge < -0.3 is 9.84 Å². The molecule has 0 aromatic carbocycles. The molecule has 0 unspecified atom stereocenters. The van der Waals surface area contributed by atoms with Crippen molar-refractivity contribution in [2.45, 2.75) is 45.8 Å². The topological polar surface area (TPSA) is 77.2 Å². The van der Waals surface area contributed by atoms with Gasteiger partial charge in [-0.2, -0.15) is 0 Å². The fourth-order valence-electron chi connectivity index (χ4n) is 1.62. The van der Waals surface area contributed by atoms with Crippen LogP contribution in [0.2, 0.25) is 0 Å². The molecule has 6 nitrogen and oxygen atoms in total. The van der Waals surface area contributed by atoms with Gasteiger partial charge in [0.05, 0.1) is 24.9 Å². The molecule has 0 spiro atoms. The maximum absolute atomic E-state index is 11.5. The number of rotatable bonds is 4. The van der Waals surface area contributed by atoms with Crippen molar-refractivity contribution in [2.24, 2.45) is 0 Å². The maximum Gasteiger partial charge on any atom is 0.360 e. The summed E-state index contributed by atoms with van der Waals surface area (Å²) in [4.78, 5) is 11.5. The lowest BCUT2D eigenvalue weighted by molar-refractivity contribution is 0.0550. The molecule has 96 valence electrons. The summed E-state index contributed by atoms with van der Waals surface area (Å²) in [6, 6.07) is 0. The van der Waals surface area contributed by atoms with Gasteiger partial charge in [0.15, 0.2) is 5.69 Å². The number of hydrogen-bond donors (Lipinski definition) is 1. The van der Waals surface area contributed by atoms with Crippen molar-refractivity contribution in [3.8, 4) is 0 Å². The Kier molecular flexibility index (Phi) is 3.87. The smallest absolute Gasteiger partial charge is 0.360 e. The zero-order valence-corrected chi connectivity index (χ0v) is 10.9. The largest absolute Gasteiger partial charge is 0.464 e. The van der Waals surface area contributed by atoms with Crippen LogP contribution in [0.25, 0.3) is 0 Å². The molecule has 1 N–H and O–H groups in total. The molecule has 0 bridgehead atoms. The number of nitrogens with zero attached hydrogens (tertiary/aromatic N) is 3. The molecule has 0 saturated heterocycles. The van der Waals surface area contributed by atoms with Crippen molar-refractivity contribution in [1.82, 2.24) is 15.0 Å². The first-order valence-corrected chi connectivity index (χ1v) is 5.50. The first-order valence-electron chi connectivity index (χ1n) is 5.50. The van der Waals surface area contributed by atoms with Crippen LogP contribution in [0.5, 0.6) is 0 Å². The minimum Gasteiger partial charge on any atom is -0.464 e. The summed E-state index contributed by atoms with van der Waals surface area (Å²) in [5.74, 6) is -0.433. The minimum atomic E-state index is -0.912. The average Bonchev–Trinajstić information content (AvgIpc) is 2.57. The number of esters is 1. The highest BCUT2D eigenvalue weighted by atomic mass is 16.5. The number of hydrogen-bond acceptors (Lipinski definition) is 5. The highest BCUT2D eigenvalue weighted by molar-refractivity contribution is 5.88. The van der Waals surface area contributed by atoms with Gasteiger partial charge in [0.2, 0.25) is 0 Å². The van der Waals surface area contributed by atoms with E-state index in [1.807, 2.05) is 13.8 Å². The van der Waals surface area contributed by atoms with Crippen LogP contribution in [0.4, 0.5) is 0 Å². The summed E-state index contributed by atoms with van der Waals surface area (Å²) in [6.07, 6.45) is 0. The zero-order valence-electron chi connectivity index (χ0n) is 10.9. The first kappa shape index (κ1) is 13.6. The summed E-state index contributed by atoms with van der Waals surface area (Å²) >= 11 is 0. The summed E-state index contributed by atoms with van der Waals surface area (Å²) < 4.78 is 6.21. The van der Waals surface area contributed by atoms with E-state index >= 15 is 0 Å². The van der Waals surface area contributed by atoms with Crippen LogP contribution >= 0.6 is 0 Å². The molecule has 0 amide bonds. The van der Waals surface area contributed by atoms with Crippen molar-refractivity contribution >= 4 is 5.97 Å². The predicted molar refractivity (Wildman–Crippen MR) is 61.7 cm³/mol. The number of aliphatic hydroxyl groups is 1. The van der Waals surface area contributed by atoms with Crippen molar-refractivity contribution in [3.63, 3.8) is 0 Å². The normalized spacial score (nSPS) is 11.9. The highest BCUT2D eigenvalue weighted by Crippen LogP contribution is 2.20. The Bertz CT molecular complexity index is 405. The second-order valence-corrected chi connectivity index (χ2v) is 4.94. The number of aromatic nitrogens is 3. The average molecular weight is 241 g/mol. The molecule has 0 radical (unpaired) electrons. The Morgan fingerprint density at radius 3 is 2.53 bits per heavy atom. The third-order valence-electron chi connectivity index (χ3n) is 2.24. The molecule has 17 heavy (non-hydrogen) atoms. The molecular weight excluding hydrogens is 222 g/mol. The van der Waals surface area contributed by atoms with Gasteiger partial charge in [0.25, 0.3) is 0 Å². The zero-order chi connectivity index (χ0) is 13.2. The van der Waals surface area contributed by atoms with E-state index in [-0.39, 0.29) is 18.2 Å². The van der Waals surface area contributed by atoms with Crippen molar-refractivity contribution in [1.29, 1.82) is 0 Å². The van der Waals surface area contributed by atoms with Crippen LogP contribution in [0.3, 0.4) is 0 Å². The molecule has 0 atom stereocenters. The summed E-state index contributed by atoms with van der Waals surface area (Å²) in [5.41, 5.74) is -0.0178. The second-order valence-electron chi connectivity index (χ2n) is 4.94. The number of methoxy groups -OCH3 is 1. The lowest BCUT2D eigenvalue weighted by Gasteiger charge is -2.19. The summed E-state index contributed by atoms with van der Waals surface area (Å²) in [5, 5.41) is 17.5. The minimum absolute atomic E-state index is 0.0708. The molecule has 1 rings (SSSR count). The Labute approximate surface area is 101 Å². The van der Waals surface area contributed by atoms with E-state index in [0.717, 1.165) is 0 Å². The third-order valence-corrected chi connectivity index (χ3v) is 2.24. The van der Waals surface area contributed by atoms with Crippen LogP contribution in [0.15, 0.2) is 0 Å². The standard InChI is InChI=1S/C11H19N3O3/c1-7(2)9-8(10(15)17-5)12-13-14(9)6-11(3,4)16/h7,16H,6H2,1-5H3. The molecule has 0 aliphatic heterocycles. The monoisotopic (exact) mass is 241 g/mol. The summed E-state index contributed by atoms with van der Waals surface area (Å²) in [7, 11) is 1.31. The Morgan fingerprint density at radius 1 is 1.53 bits per heavy atom. The van der Waals surface area contributed by atoms with E-state index in [1.165, 1.54) is 7.11 Å². The van der Waals surface area contributed by atoms with Crippen LogP contribution in [-0.2, 0) is 11.3 Å². The van der Waals surface area contributed by atoms with Gasteiger partial charge in [0, 0.05) is 0 Å². The molecule has 1 heterocycles. The number of carbonyl (C=O) groups is 1. The van der Waals surface area contributed by atoms with Gasteiger partial charge in [-0.05, 0) is 19.8 Å². The fraction of sp³-hybridized carbons (Fsp3) is 0.727. The SMILES string of the molecule is COC(=O)c1nnn(CC(C)(C)O)c1C(C)C. The van der Waals surface area contributed by atoms with E-state index < -0.39 is 11.6 Å². The van der Waals surface area contributed by atoms with Crippen molar-refractivity contribution in [3.05, 3.63) is 11.4 Å². The van der Waals surface area contributed by atoms with Gasteiger partial charge in [-0.25, -0.2) is 9.48 Å². The Morgan fingerprint density at radius 2 is 2.12 bits per heavy atom. The van der Waals surface area contributed by atoms with Gasteiger partial charge in [-0.1, -0.05) is 19.1 Å². The number of ether oxygens (including phenoxy) is 1. The first-order chi connectivity index (χ1) is 7.76. The van der Waals surface area contributed by atoms with Crippen LogP contribution in [0.1, 0.15) is 49.8 Å². The third kappa shape index (κ3) is 3.26. The Hall–Kier alpha value is -1.43. The van der Waals surface area contributed by atoms with E-state index in [2.05, 4.69) is 15.0 Å². The highest BCUT2D eigenvalue weighted by Gasteiger charge is 2.25. The molecule has 0 aliphatic rings. The molecule has 1 aromatic heterocycles. The van der Waals surface area contributed by atoms with E-state index in [1.54, 1.807) is 18.5 Å². The van der Waals surface area contributed by atoms with Crippen LogP contribution in [0, 0.1) is 0 Å². The van der Waals surface area contributed by atoms with Gasteiger partial charge in [-0.15, -0.1) is 5.10 Å². The van der Waals surface area contributed by atoms with Gasteiger partial charge in [-0.3, -0.25) is 0 Å². The van der Waals surface area contributed by atoms with Gasteiger partial charge in [0.1, 0.15) is 0 Å². The molecular formula is C11H19N3O3. The number of carbonyl (C=O) groups excluding carboxylic acids is 1. The lowest BCUT2D eigenvalue weighted by Crippen LogP contribution is -2.28.